The van der Waals surface area contributed by atoms with E-state index in [1.165, 1.54) is 0 Å². The number of rotatable bonds is 3. The lowest BCUT2D eigenvalue weighted by Crippen LogP contribution is -2.17. The molecule has 96 valence electrons. The van der Waals surface area contributed by atoms with Crippen molar-refractivity contribution in [3.05, 3.63) is 65.4 Å². The molecule has 0 fully saturated rings. The van der Waals surface area contributed by atoms with Crippen molar-refractivity contribution in [2.75, 3.05) is 0 Å². The number of para-hydroxylation sites is 2. The van der Waals surface area contributed by atoms with Gasteiger partial charge in [0.1, 0.15) is 0 Å². The van der Waals surface area contributed by atoms with E-state index in [1.54, 1.807) is 0 Å². The number of aromatic nitrogens is 2. The molecule has 1 aromatic heterocycles. The Morgan fingerprint density at radius 3 is 2.63 bits per heavy atom. The van der Waals surface area contributed by atoms with Crippen LogP contribution in [0.25, 0.3) is 11.0 Å². The lowest BCUT2D eigenvalue weighted by Gasteiger charge is -2.13. The fraction of sp³-hybridized carbons (Fsp3) is 0.133. The predicted octanol–water partition coefficient (Wildman–Crippen LogP) is 3.39. The molecule has 0 bridgehead atoms. The molecule has 2 aromatic carbocycles. The Labute approximate surface area is 116 Å². The van der Waals surface area contributed by atoms with Crippen molar-refractivity contribution < 1.29 is 0 Å². The number of hydrogen-bond donors (Lipinski definition) is 1. The van der Waals surface area contributed by atoms with E-state index in [2.05, 4.69) is 15.6 Å². The number of halogens is 1. The van der Waals surface area contributed by atoms with Crippen LogP contribution in [-0.2, 0) is 6.54 Å². The third kappa shape index (κ3) is 2.48. The summed E-state index contributed by atoms with van der Waals surface area (Å²) in [5.74, 6) is 0. The molecule has 2 N–H and O–H groups in total. The zero-order chi connectivity index (χ0) is 13.2. The second-order valence-electron chi connectivity index (χ2n) is 4.54. The van der Waals surface area contributed by atoms with E-state index in [-0.39, 0.29) is 6.04 Å². The molecular formula is C15H14ClN3. The fourth-order valence-corrected chi connectivity index (χ4v) is 2.31. The summed E-state index contributed by atoms with van der Waals surface area (Å²) in [4.78, 5) is 4.37. The first-order valence-electron chi connectivity index (χ1n) is 6.15. The maximum absolute atomic E-state index is 6.24. The van der Waals surface area contributed by atoms with Gasteiger partial charge in [-0.2, -0.15) is 0 Å². The van der Waals surface area contributed by atoms with Crippen molar-refractivity contribution in [1.82, 2.24) is 9.55 Å². The second-order valence-corrected chi connectivity index (χ2v) is 4.98. The zero-order valence-corrected chi connectivity index (χ0v) is 11.1. The molecule has 1 unspecified atom stereocenters. The van der Waals surface area contributed by atoms with Crippen molar-refractivity contribution in [2.45, 2.75) is 12.6 Å². The van der Waals surface area contributed by atoms with E-state index in [0.29, 0.717) is 6.54 Å². The average molecular weight is 272 g/mol. The quantitative estimate of drug-likeness (QED) is 0.793. The van der Waals surface area contributed by atoms with Gasteiger partial charge in [-0.25, -0.2) is 4.98 Å². The number of imidazole rings is 1. The van der Waals surface area contributed by atoms with Crippen LogP contribution in [0.5, 0.6) is 0 Å². The van der Waals surface area contributed by atoms with Gasteiger partial charge in [0.05, 0.1) is 17.4 Å². The van der Waals surface area contributed by atoms with Crippen LogP contribution in [0.4, 0.5) is 0 Å². The maximum atomic E-state index is 6.24. The molecule has 0 aliphatic heterocycles. The lowest BCUT2D eigenvalue weighted by molar-refractivity contribution is 0.588. The van der Waals surface area contributed by atoms with Gasteiger partial charge >= 0.3 is 0 Å². The smallest absolute Gasteiger partial charge is 0.0958 e. The topological polar surface area (TPSA) is 43.8 Å². The molecule has 3 aromatic rings. The van der Waals surface area contributed by atoms with Gasteiger partial charge in [0, 0.05) is 17.6 Å². The van der Waals surface area contributed by atoms with Crippen LogP contribution in [0.1, 0.15) is 11.6 Å². The molecule has 0 saturated heterocycles. The Morgan fingerprint density at radius 2 is 1.84 bits per heavy atom. The van der Waals surface area contributed by atoms with Crippen LogP contribution in [0.15, 0.2) is 54.9 Å². The van der Waals surface area contributed by atoms with Crippen molar-refractivity contribution in [3.8, 4) is 0 Å². The first-order valence-corrected chi connectivity index (χ1v) is 6.53. The van der Waals surface area contributed by atoms with Gasteiger partial charge < -0.3 is 10.3 Å². The van der Waals surface area contributed by atoms with Gasteiger partial charge in [-0.1, -0.05) is 35.9 Å². The molecule has 1 atom stereocenters. The molecule has 1 heterocycles. The van der Waals surface area contributed by atoms with Crippen LogP contribution in [0.2, 0.25) is 5.02 Å². The van der Waals surface area contributed by atoms with Crippen LogP contribution in [-0.4, -0.2) is 9.55 Å². The van der Waals surface area contributed by atoms with Crippen molar-refractivity contribution in [1.29, 1.82) is 0 Å². The molecule has 0 spiro atoms. The van der Waals surface area contributed by atoms with Crippen molar-refractivity contribution in [2.24, 2.45) is 5.73 Å². The molecule has 3 nitrogen and oxygen atoms in total. The third-order valence-corrected chi connectivity index (χ3v) is 3.47. The highest BCUT2D eigenvalue weighted by atomic mass is 35.5. The first kappa shape index (κ1) is 12.2. The number of hydrogen-bond acceptors (Lipinski definition) is 2. The summed E-state index contributed by atoms with van der Waals surface area (Å²) >= 11 is 5.88. The van der Waals surface area contributed by atoms with Gasteiger partial charge in [-0.15, -0.1) is 0 Å². The van der Waals surface area contributed by atoms with Crippen LogP contribution in [0.3, 0.4) is 0 Å². The highest BCUT2D eigenvalue weighted by Crippen LogP contribution is 2.19. The SMILES string of the molecule is NC(Cn1cnc2ccccc21)c1ccc(Cl)cc1. The van der Waals surface area contributed by atoms with E-state index in [0.717, 1.165) is 21.6 Å². The molecule has 0 aliphatic carbocycles. The van der Waals surface area contributed by atoms with Crippen molar-refractivity contribution in [3.63, 3.8) is 0 Å². The summed E-state index contributed by atoms with van der Waals surface area (Å²) in [6, 6.07) is 15.6. The molecule has 4 heteroatoms. The zero-order valence-electron chi connectivity index (χ0n) is 10.3. The highest BCUT2D eigenvalue weighted by Gasteiger charge is 2.09. The standard InChI is InChI=1S/C15H14ClN3/c16-12-7-5-11(6-8-12)13(17)9-19-10-18-14-3-1-2-4-15(14)19/h1-8,10,13H,9,17H2. The summed E-state index contributed by atoms with van der Waals surface area (Å²) < 4.78 is 2.08. The van der Waals surface area contributed by atoms with Crippen LogP contribution >= 0.6 is 11.6 Å². The molecule has 3 rings (SSSR count). The molecule has 19 heavy (non-hydrogen) atoms. The number of fused-ring (bicyclic) bond motifs is 1. The summed E-state index contributed by atoms with van der Waals surface area (Å²) in [6.45, 7) is 0.697. The normalized spacial score (nSPS) is 12.7. The maximum Gasteiger partial charge on any atom is 0.0958 e. The van der Waals surface area contributed by atoms with Gasteiger partial charge in [-0.3, -0.25) is 0 Å². The minimum absolute atomic E-state index is 0.0742. The molecule has 0 saturated carbocycles. The van der Waals surface area contributed by atoms with Gasteiger partial charge in [0.2, 0.25) is 0 Å². The Morgan fingerprint density at radius 1 is 1.11 bits per heavy atom. The van der Waals surface area contributed by atoms with Crippen LogP contribution < -0.4 is 5.73 Å². The Hall–Kier alpha value is -1.84. The molecule has 0 amide bonds. The molecule has 0 aliphatic rings. The molecule has 0 radical (unpaired) electrons. The van der Waals surface area contributed by atoms with Gasteiger partial charge in [-0.05, 0) is 29.8 Å². The number of nitrogens with zero attached hydrogens (tertiary/aromatic N) is 2. The highest BCUT2D eigenvalue weighted by molar-refractivity contribution is 6.30. The predicted molar refractivity (Wildman–Crippen MR) is 78.1 cm³/mol. The van der Waals surface area contributed by atoms with E-state index in [9.17, 15) is 0 Å². The van der Waals surface area contributed by atoms with E-state index in [1.807, 2.05) is 48.8 Å². The van der Waals surface area contributed by atoms with Crippen LogP contribution in [0, 0.1) is 0 Å². The minimum Gasteiger partial charge on any atom is -0.329 e. The Balaban J connectivity index is 1.86. The summed E-state index contributed by atoms with van der Waals surface area (Å²) in [5, 5.41) is 0.726. The first-order chi connectivity index (χ1) is 9.24. The molecular weight excluding hydrogens is 258 g/mol. The Kier molecular flexibility index (Phi) is 3.23. The minimum atomic E-state index is -0.0742. The van der Waals surface area contributed by atoms with E-state index in [4.69, 9.17) is 17.3 Å². The largest absolute Gasteiger partial charge is 0.329 e. The van der Waals surface area contributed by atoms with Gasteiger partial charge in [0.15, 0.2) is 0 Å². The third-order valence-electron chi connectivity index (χ3n) is 3.22. The fourth-order valence-electron chi connectivity index (χ4n) is 2.18. The summed E-state index contributed by atoms with van der Waals surface area (Å²) in [6.07, 6.45) is 1.83. The number of benzene rings is 2. The number of nitrogens with two attached hydrogens (primary N) is 1. The van der Waals surface area contributed by atoms with E-state index >= 15 is 0 Å². The second kappa shape index (κ2) is 5.03. The van der Waals surface area contributed by atoms with Crippen molar-refractivity contribution >= 4 is 22.6 Å². The van der Waals surface area contributed by atoms with E-state index < -0.39 is 0 Å². The van der Waals surface area contributed by atoms with Gasteiger partial charge in [0.25, 0.3) is 0 Å². The average Bonchev–Trinajstić information content (AvgIpc) is 2.83. The summed E-state index contributed by atoms with van der Waals surface area (Å²) in [7, 11) is 0. The monoisotopic (exact) mass is 271 g/mol. The summed E-state index contributed by atoms with van der Waals surface area (Å²) in [5.41, 5.74) is 9.40. The Bertz CT molecular complexity index is 688. The lowest BCUT2D eigenvalue weighted by atomic mass is 10.1.